The van der Waals surface area contributed by atoms with Crippen molar-refractivity contribution in [1.82, 2.24) is 10.2 Å². The Bertz CT molecular complexity index is 161. The van der Waals surface area contributed by atoms with Crippen molar-refractivity contribution in [2.24, 2.45) is 0 Å². The van der Waals surface area contributed by atoms with Gasteiger partial charge in [-0.2, -0.15) is 0 Å². The zero-order valence-corrected chi connectivity index (χ0v) is 7.42. The zero-order valence-electron chi connectivity index (χ0n) is 7.42. The predicted molar refractivity (Wildman–Crippen MR) is 45.7 cm³/mol. The Kier molecular flexibility index (Phi) is 3.49. The molecule has 0 bridgehead atoms. The fourth-order valence-electron chi connectivity index (χ4n) is 1.48. The number of hydrogen-bond donors (Lipinski definition) is 2. The SMILES string of the molecule is CC(=O)N1CC[C@@H](NCCO)C1. The Morgan fingerprint density at radius 1 is 1.75 bits per heavy atom. The van der Waals surface area contributed by atoms with Crippen LogP contribution in [-0.4, -0.2) is 48.2 Å². The molecule has 0 saturated carbocycles. The number of aliphatic hydroxyl groups is 1. The molecule has 70 valence electrons. The van der Waals surface area contributed by atoms with Crippen LogP contribution in [0.25, 0.3) is 0 Å². The molecule has 1 fully saturated rings. The van der Waals surface area contributed by atoms with E-state index in [2.05, 4.69) is 5.32 Å². The molecule has 1 aliphatic heterocycles. The third kappa shape index (κ3) is 2.46. The molecule has 0 aliphatic carbocycles. The molecule has 1 amide bonds. The maximum atomic E-state index is 10.9. The summed E-state index contributed by atoms with van der Waals surface area (Å²) in [6, 6.07) is 0.376. The average molecular weight is 172 g/mol. The third-order valence-electron chi connectivity index (χ3n) is 2.18. The third-order valence-corrected chi connectivity index (χ3v) is 2.18. The van der Waals surface area contributed by atoms with Crippen molar-refractivity contribution >= 4 is 5.91 Å². The molecule has 0 radical (unpaired) electrons. The van der Waals surface area contributed by atoms with E-state index in [0.29, 0.717) is 12.6 Å². The first-order chi connectivity index (χ1) is 5.74. The largest absolute Gasteiger partial charge is 0.395 e. The van der Waals surface area contributed by atoms with Gasteiger partial charge in [0.1, 0.15) is 0 Å². The fourth-order valence-corrected chi connectivity index (χ4v) is 1.48. The molecule has 1 saturated heterocycles. The van der Waals surface area contributed by atoms with Gasteiger partial charge in [0.2, 0.25) is 5.91 Å². The van der Waals surface area contributed by atoms with E-state index in [0.717, 1.165) is 19.5 Å². The van der Waals surface area contributed by atoms with Crippen molar-refractivity contribution in [1.29, 1.82) is 0 Å². The van der Waals surface area contributed by atoms with E-state index in [4.69, 9.17) is 5.11 Å². The summed E-state index contributed by atoms with van der Waals surface area (Å²) in [5.74, 6) is 0.142. The zero-order chi connectivity index (χ0) is 8.97. The minimum Gasteiger partial charge on any atom is -0.395 e. The average Bonchev–Trinajstić information content (AvgIpc) is 2.48. The second-order valence-electron chi connectivity index (χ2n) is 3.13. The lowest BCUT2D eigenvalue weighted by Gasteiger charge is -2.14. The molecule has 0 unspecified atom stereocenters. The Balaban J connectivity index is 2.21. The van der Waals surface area contributed by atoms with Gasteiger partial charge in [-0.3, -0.25) is 4.79 Å². The van der Waals surface area contributed by atoms with E-state index in [9.17, 15) is 4.79 Å². The molecule has 12 heavy (non-hydrogen) atoms. The molecule has 0 aromatic heterocycles. The minimum atomic E-state index is 0.142. The monoisotopic (exact) mass is 172 g/mol. The number of likely N-dealkylation sites (tertiary alicyclic amines) is 1. The van der Waals surface area contributed by atoms with Crippen LogP contribution < -0.4 is 5.32 Å². The van der Waals surface area contributed by atoms with E-state index >= 15 is 0 Å². The summed E-state index contributed by atoms with van der Waals surface area (Å²) < 4.78 is 0. The standard InChI is InChI=1S/C8H16N2O2/c1-7(12)10-4-2-8(6-10)9-3-5-11/h8-9,11H,2-6H2,1H3/t8-/m1/s1. The van der Waals surface area contributed by atoms with E-state index in [-0.39, 0.29) is 12.5 Å². The first-order valence-electron chi connectivity index (χ1n) is 4.34. The summed E-state index contributed by atoms with van der Waals surface area (Å²) >= 11 is 0. The van der Waals surface area contributed by atoms with Gasteiger partial charge in [-0.15, -0.1) is 0 Å². The number of aliphatic hydroxyl groups excluding tert-OH is 1. The fraction of sp³-hybridized carbons (Fsp3) is 0.875. The molecule has 1 rings (SSSR count). The lowest BCUT2D eigenvalue weighted by molar-refractivity contribution is -0.127. The van der Waals surface area contributed by atoms with Gasteiger partial charge in [-0.25, -0.2) is 0 Å². The van der Waals surface area contributed by atoms with Crippen LogP contribution in [0.2, 0.25) is 0 Å². The molecule has 0 aromatic carbocycles. The highest BCUT2D eigenvalue weighted by atomic mass is 16.3. The van der Waals surface area contributed by atoms with E-state index in [1.54, 1.807) is 6.92 Å². The Labute approximate surface area is 72.6 Å². The van der Waals surface area contributed by atoms with Crippen LogP contribution in [0.15, 0.2) is 0 Å². The number of carbonyl (C=O) groups is 1. The molecule has 1 aliphatic rings. The van der Waals surface area contributed by atoms with Crippen molar-refractivity contribution < 1.29 is 9.90 Å². The number of hydrogen-bond acceptors (Lipinski definition) is 3. The van der Waals surface area contributed by atoms with Gasteiger partial charge in [0, 0.05) is 32.6 Å². The van der Waals surface area contributed by atoms with E-state index < -0.39 is 0 Å². The number of carbonyl (C=O) groups excluding carboxylic acids is 1. The molecule has 1 heterocycles. The van der Waals surface area contributed by atoms with Crippen LogP contribution in [0.3, 0.4) is 0 Å². The summed E-state index contributed by atoms with van der Waals surface area (Å²) in [7, 11) is 0. The molecular weight excluding hydrogens is 156 g/mol. The summed E-state index contributed by atoms with van der Waals surface area (Å²) in [5, 5.41) is 11.7. The Morgan fingerprint density at radius 3 is 3.00 bits per heavy atom. The molecule has 1 atom stereocenters. The molecule has 0 aromatic rings. The molecular formula is C8H16N2O2. The first-order valence-corrected chi connectivity index (χ1v) is 4.34. The summed E-state index contributed by atoms with van der Waals surface area (Å²) in [5.41, 5.74) is 0. The van der Waals surface area contributed by atoms with Crippen LogP contribution in [-0.2, 0) is 4.79 Å². The molecule has 4 nitrogen and oxygen atoms in total. The Hall–Kier alpha value is -0.610. The smallest absolute Gasteiger partial charge is 0.219 e. The van der Waals surface area contributed by atoms with E-state index in [1.165, 1.54) is 0 Å². The van der Waals surface area contributed by atoms with Crippen molar-refractivity contribution in [3.05, 3.63) is 0 Å². The lowest BCUT2D eigenvalue weighted by Crippen LogP contribution is -2.35. The quantitative estimate of drug-likeness (QED) is 0.585. The van der Waals surface area contributed by atoms with Crippen LogP contribution in [0, 0.1) is 0 Å². The summed E-state index contributed by atoms with van der Waals surface area (Å²) in [6.07, 6.45) is 1.000. The van der Waals surface area contributed by atoms with Crippen LogP contribution >= 0.6 is 0 Å². The minimum absolute atomic E-state index is 0.142. The van der Waals surface area contributed by atoms with Crippen molar-refractivity contribution in [2.75, 3.05) is 26.2 Å². The topological polar surface area (TPSA) is 52.6 Å². The molecule has 2 N–H and O–H groups in total. The van der Waals surface area contributed by atoms with Crippen LogP contribution in [0.5, 0.6) is 0 Å². The van der Waals surface area contributed by atoms with E-state index in [1.807, 2.05) is 4.90 Å². The molecule has 4 heteroatoms. The van der Waals surface area contributed by atoms with Gasteiger partial charge in [0.15, 0.2) is 0 Å². The van der Waals surface area contributed by atoms with Crippen molar-refractivity contribution in [2.45, 2.75) is 19.4 Å². The number of rotatable bonds is 3. The predicted octanol–water partition coefficient (Wildman–Crippen LogP) is -0.811. The summed E-state index contributed by atoms with van der Waals surface area (Å²) in [4.78, 5) is 12.7. The van der Waals surface area contributed by atoms with Gasteiger partial charge >= 0.3 is 0 Å². The second kappa shape index (κ2) is 4.42. The van der Waals surface area contributed by atoms with Crippen molar-refractivity contribution in [3.63, 3.8) is 0 Å². The van der Waals surface area contributed by atoms with Gasteiger partial charge in [-0.1, -0.05) is 0 Å². The Morgan fingerprint density at radius 2 is 2.50 bits per heavy atom. The second-order valence-corrected chi connectivity index (χ2v) is 3.13. The lowest BCUT2D eigenvalue weighted by atomic mass is 10.3. The van der Waals surface area contributed by atoms with Gasteiger partial charge in [0.05, 0.1) is 6.61 Å². The van der Waals surface area contributed by atoms with Gasteiger partial charge < -0.3 is 15.3 Å². The highest BCUT2D eigenvalue weighted by Crippen LogP contribution is 2.08. The van der Waals surface area contributed by atoms with Gasteiger partial charge in [-0.05, 0) is 6.42 Å². The first kappa shape index (κ1) is 9.48. The normalized spacial score (nSPS) is 23.2. The van der Waals surface area contributed by atoms with Gasteiger partial charge in [0.25, 0.3) is 0 Å². The van der Waals surface area contributed by atoms with Crippen LogP contribution in [0.1, 0.15) is 13.3 Å². The van der Waals surface area contributed by atoms with Crippen LogP contribution in [0.4, 0.5) is 0 Å². The molecule has 0 spiro atoms. The highest BCUT2D eigenvalue weighted by molar-refractivity contribution is 5.73. The summed E-state index contributed by atoms with van der Waals surface area (Å²) in [6.45, 7) is 4.01. The number of nitrogens with one attached hydrogen (secondary N) is 1. The van der Waals surface area contributed by atoms with Crippen molar-refractivity contribution in [3.8, 4) is 0 Å². The number of nitrogens with zero attached hydrogens (tertiary/aromatic N) is 1. The maximum Gasteiger partial charge on any atom is 0.219 e. The number of amides is 1. The highest BCUT2D eigenvalue weighted by Gasteiger charge is 2.22. The maximum absolute atomic E-state index is 10.9.